The van der Waals surface area contributed by atoms with Crippen molar-refractivity contribution in [2.45, 2.75) is 12.8 Å². The first-order valence-electron chi connectivity index (χ1n) is 8.95. The van der Waals surface area contributed by atoms with Crippen LogP contribution in [-0.4, -0.2) is 38.3 Å². The predicted molar refractivity (Wildman–Crippen MR) is 105 cm³/mol. The molecule has 2 aromatic carbocycles. The van der Waals surface area contributed by atoms with Gasteiger partial charge in [0, 0.05) is 22.2 Å². The average Bonchev–Trinajstić information content (AvgIpc) is 3.31. The quantitative estimate of drug-likeness (QED) is 0.595. The molecule has 2 heterocycles. The van der Waals surface area contributed by atoms with Gasteiger partial charge in [0.1, 0.15) is 12.4 Å². The minimum absolute atomic E-state index is 0.285. The SMILES string of the molecule is COc1cc2sc(-c3ccc(OCCN4CCCC4)cc3)cc2cc1F. The molecule has 1 saturated heterocycles. The second-order valence-electron chi connectivity index (χ2n) is 6.56. The summed E-state index contributed by atoms with van der Waals surface area (Å²) in [6.07, 6.45) is 2.61. The van der Waals surface area contributed by atoms with E-state index in [0.29, 0.717) is 0 Å². The first-order valence-corrected chi connectivity index (χ1v) is 9.77. The van der Waals surface area contributed by atoms with E-state index in [0.717, 1.165) is 39.4 Å². The molecule has 0 aliphatic carbocycles. The fourth-order valence-corrected chi connectivity index (χ4v) is 4.43. The highest BCUT2D eigenvalue weighted by Gasteiger charge is 2.12. The van der Waals surface area contributed by atoms with E-state index in [4.69, 9.17) is 9.47 Å². The number of ether oxygens (including phenoxy) is 2. The van der Waals surface area contributed by atoms with E-state index in [1.54, 1.807) is 17.4 Å². The molecule has 1 aliphatic rings. The number of nitrogens with zero attached hydrogens (tertiary/aromatic N) is 1. The van der Waals surface area contributed by atoms with Gasteiger partial charge in [-0.2, -0.15) is 0 Å². The van der Waals surface area contributed by atoms with Crippen molar-refractivity contribution in [3.8, 4) is 21.9 Å². The molecule has 0 bridgehead atoms. The summed E-state index contributed by atoms with van der Waals surface area (Å²) in [7, 11) is 1.49. The van der Waals surface area contributed by atoms with E-state index >= 15 is 0 Å². The van der Waals surface area contributed by atoms with Gasteiger partial charge in [-0.05, 0) is 73.3 Å². The Morgan fingerprint density at radius 1 is 1.08 bits per heavy atom. The Bertz CT molecular complexity index is 885. The molecule has 3 nitrogen and oxygen atoms in total. The van der Waals surface area contributed by atoms with E-state index in [9.17, 15) is 4.39 Å². The van der Waals surface area contributed by atoms with Crippen molar-refractivity contribution >= 4 is 21.4 Å². The van der Waals surface area contributed by atoms with Crippen LogP contribution in [0.4, 0.5) is 4.39 Å². The predicted octanol–water partition coefficient (Wildman–Crippen LogP) is 5.19. The lowest BCUT2D eigenvalue weighted by Gasteiger charge is -2.14. The summed E-state index contributed by atoms with van der Waals surface area (Å²) in [6.45, 7) is 4.10. The smallest absolute Gasteiger partial charge is 0.165 e. The van der Waals surface area contributed by atoms with Gasteiger partial charge in [0.25, 0.3) is 0 Å². The Morgan fingerprint density at radius 3 is 2.58 bits per heavy atom. The van der Waals surface area contributed by atoms with Crippen molar-refractivity contribution < 1.29 is 13.9 Å². The lowest BCUT2D eigenvalue weighted by atomic mass is 10.1. The number of hydrogen-bond acceptors (Lipinski definition) is 4. The molecule has 1 fully saturated rings. The van der Waals surface area contributed by atoms with Gasteiger partial charge in [-0.25, -0.2) is 4.39 Å². The summed E-state index contributed by atoms with van der Waals surface area (Å²) in [6, 6.07) is 13.4. The molecular weight excluding hydrogens is 349 g/mol. The van der Waals surface area contributed by atoms with Gasteiger partial charge in [0.15, 0.2) is 11.6 Å². The molecule has 4 rings (SSSR count). The Morgan fingerprint density at radius 2 is 1.85 bits per heavy atom. The van der Waals surface area contributed by atoms with Crippen molar-refractivity contribution in [1.82, 2.24) is 4.90 Å². The Hall–Kier alpha value is -2.11. The van der Waals surface area contributed by atoms with Crippen molar-refractivity contribution in [2.75, 3.05) is 33.4 Å². The Balaban J connectivity index is 1.45. The van der Waals surface area contributed by atoms with Crippen molar-refractivity contribution in [3.05, 3.63) is 48.3 Å². The number of halogens is 1. The van der Waals surface area contributed by atoms with Gasteiger partial charge < -0.3 is 9.47 Å². The molecular formula is C21H22FNO2S. The maximum Gasteiger partial charge on any atom is 0.165 e. The van der Waals surface area contributed by atoms with Gasteiger partial charge in [0.05, 0.1) is 7.11 Å². The standard InChI is InChI=1S/C21H22FNO2S/c1-24-19-14-21-16(12-18(19)22)13-20(26-21)15-4-6-17(7-5-15)25-11-10-23-8-2-3-9-23/h4-7,12-14H,2-3,8-11H2,1H3. The second kappa shape index (κ2) is 7.64. The third kappa shape index (κ3) is 3.69. The largest absolute Gasteiger partial charge is 0.494 e. The van der Waals surface area contributed by atoms with Crippen molar-refractivity contribution in [1.29, 1.82) is 0 Å². The van der Waals surface area contributed by atoms with Gasteiger partial charge in [0.2, 0.25) is 0 Å². The molecule has 0 unspecified atom stereocenters. The van der Waals surface area contributed by atoms with Gasteiger partial charge in [-0.1, -0.05) is 0 Å². The maximum atomic E-state index is 13.9. The molecule has 0 spiro atoms. The third-order valence-electron chi connectivity index (χ3n) is 4.80. The second-order valence-corrected chi connectivity index (χ2v) is 7.64. The number of rotatable bonds is 6. The summed E-state index contributed by atoms with van der Waals surface area (Å²) < 4.78 is 25.8. The van der Waals surface area contributed by atoms with E-state index in [1.165, 1.54) is 39.1 Å². The van der Waals surface area contributed by atoms with E-state index in [1.807, 2.05) is 18.2 Å². The number of hydrogen-bond donors (Lipinski definition) is 0. The highest BCUT2D eigenvalue weighted by atomic mass is 32.1. The zero-order chi connectivity index (χ0) is 17.9. The molecule has 0 N–H and O–H groups in total. The first-order chi connectivity index (χ1) is 12.7. The van der Waals surface area contributed by atoms with Gasteiger partial charge >= 0.3 is 0 Å². The zero-order valence-corrected chi connectivity index (χ0v) is 15.7. The highest BCUT2D eigenvalue weighted by Crippen LogP contribution is 2.37. The van der Waals surface area contributed by atoms with E-state index in [-0.39, 0.29) is 11.6 Å². The van der Waals surface area contributed by atoms with Crippen LogP contribution in [0.15, 0.2) is 42.5 Å². The van der Waals surface area contributed by atoms with Crippen LogP contribution in [0.25, 0.3) is 20.5 Å². The molecule has 1 aliphatic heterocycles. The number of likely N-dealkylation sites (tertiary alicyclic amines) is 1. The van der Waals surface area contributed by atoms with Crippen LogP contribution in [0.2, 0.25) is 0 Å². The molecule has 0 atom stereocenters. The number of methoxy groups -OCH3 is 1. The van der Waals surface area contributed by atoms with E-state index in [2.05, 4.69) is 17.0 Å². The van der Waals surface area contributed by atoms with E-state index < -0.39 is 0 Å². The number of fused-ring (bicyclic) bond motifs is 1. The molecule has 26 heavy (non-hydrogen) atoms. The minimum atomic E-state index is -0.328. The van der Waals surface area contributed by atoms with Gasteiger partial charge in [-0.3, -0.25) is 4.90 Å². The molecule has 0 amide bonds. The molecule has 0 radical (unpaired) electrons. The highest BCUT2D eigenvalue weighted by molar-refractivity contribution is 7.22. The minimum Gasteiger partial charge on any atom is -0.494 e. The topological polar surface area (TPSA) is 21.7 Å². The van der Waals surface area contributed by atoms with Crippen LogP contribution in [-0.2, 0) is 0 Å². The van der Waals surface area contributed by atoms with Crippen LogP contribution < -0.4 is 9.47 Å². The normalized spacial score (nSPS) is 14.8. The summed E-state index contributed by atoms with van der Waals surface area (Å²) >= 11 is 1.63. The lowest BCUT2D eigenvalue weighted by molar-refractivity contribution is 0.238. The van der Waals surface area contributed by atoms with Crippen LogP contribution in [0.5, 0.6) is 11.5 Å². The lowest BCUT2D eigenvalue weighted by Crippen LogP contribution is -2.25. The molecule has 3 aromatic rings. The molecule has 1 aromatic heterocycles. The van der Waals surface area contributed by atoms with Gasteiger partial charge in [-0.15, -0.1) is 11.3 Å². The summed E-state index contributed by atoms with van der Waals surface area (Å²) in [4.78, 5) is 3.55. The Kier molecular flexibility index (Phi) is 5.09. The summed E-state index contributed by atoms with van der Waals surface area (Å²) in [5.41, 5.74) is 1.11. The number of thiophene rings is 1. The fourth-order valence-electron chi connectivity index (χ4n) is 3.35. The third-order valence-corrected chi connectivity index (χ3v) is 5.95. The molecule has 136 valence electrons. The van der Waals surface area contributed by atoms with Crippen molar-refractivity contribution in [2.24, 2.45) is 0 Å². The number of benzene rings is 2. The first kappa shape index (κ1) is 17.3. The van der Waals surface area contributed by atoms with Crippen LogP contribution in [0.3, 0.4) is 0 Å². The maximum absolute atomic E-state index is 13.9. The zero-order valence-electron chi connectivity index (χ0n) is 14.8. The average molecular weight is 371 g/mol. The van der Waals surface area contributed by atoms with Crippen LogP contribution in [0, 0.1) is 5.82 Å². The van der Waals surface area contributed by atoms with Crippen LogP contribution >= 0.6 is 11.3 Å². The summed E-state index contributed by atoms with van der Waals surface area (Å²) in [5.74, 6) is 0.848. The molecule has 5 heteroatoms. The molecule has 0 saturated carbocycles. The fraction of sp³-hybridized carbons (Fsp3) is 0.333. The van der Waals surface area contributed by atoms with Crippen molar-refractivity contribution in [3.63, 3.8) is 0 Å². The van der Waals surface area contributed by atoms with Crippen LogP contribution in [0.1, 0.15) is 12.8 Å². The monoisotopic (exact) mass is 371 g/mol. The summed E-state index contributed by atoms with van der Waals surface area (Å²) in [5, 5.41) is 0.897. The Labute approximate surface area is 157 Å².